The van der Waals surface area contributed by atoms with E-state index in [-0.39, 0.29) is 5.91 Å². The fourth-order valence-electron chi connectivity index (χ4n) is 3.29. The molecule has 2 heterocycles. The summed E-state index contributed by atoms with van der Waals surface area (Å²) < 4.78 is 2.10. The third kappa shape index (κ3) is 4.45. The van der Waals surface area contributed by atoms with E-state index in [2.05, 4.69) is 40.7 Å². The molecular weight excluding hydrogens is 386 g/mol. The molecule has 0 N–H and O–H groups in total. The number of rotatable bonds is 5. The molecule has 0 saturated carbocycles. The number of amides is 1. The smallest absolute Gasteiger partial charge is 0.237 e. The predicted octanol–water partition coefficient (Wildman–Crippen LogP) is 4.94. The topological polar surface area (TPSA) is 38.1 Å². The normalized spacial score (nSPS) is 16.5. The van der Waals surface area contributed by atoms with Crippen LogP contribution in [0, 0.1) is 0 Å². The SMILES string of the molecule is CC1CCN(C(=O)CSc2nccn2Cc2ccccc2)c2ccccc2S1. The van der Waals surface area contributed by atoms with Crippen LogP contribution in [-0.2, 0) is 11.3 Å². The Morgan fingerprint density at radius 2 is 1.96 bits per heavy atom. The van der Waals surface area contributed by atoms with E-state index in [9.17, 15) is 4.79 Å². The van der Waals surface area contributed by atoms with Crippen molar-refractivity contribution >= 4 is 35.1 Å². The number of hydrogen-bond acceptors (Lipinski definition) is 4. The van der Waals surface area contributed by atoms with Crippen LogP contribution < -0.4 is 4.90 Å². The summed E-state index contributed by atoms with van der Waals surface area (Å²) >= 11 is 3.37. The minimum atomic E-state index is 0.140. The highest BCUT2D eigenvalue weighted by Gasteiger charge is 2.24. The first kappa shape index (κ1) is 19.2. The molecule has 144 valence electrons. The van der Waals surface area contributed by atoms with Gasteiger partial charge in [0.15, 0.2) is 5.16 Å². The van der Waals surface area contributed by atoms with Crippen LogP contribution in [0.3, 0.4) is 0 Å². The fourth-order valence-corrected chi connectivity index (χ4v) is 5.23. The second-order valence-electron chi connectivity index (χ2n) is 6.84. The number of benzene rings is 2. The zero-order valence-corrected chi connectivity index (χ0v) is 17.5. The first-order chi connectivity index (χ1) is 13.7. The first-order valence-electron chi connectivity index (χ1n) is 9.44. The maximum Gasteiger partial charge on any atom is 0.237 e. The Balaban J connectivity index is 1.45. The fraction of sp³-hybridized carbons (Fsp3) is 0.273. The lowest BCUT2D eigenvalue weighted by molar-refractivity contribution is -0.116. The molecule has 0 aliphatic carbocycles. The van der Waals surface area contributed by atoms with Gasteiger partial charge in [-0.15, -0.1) is 11.8 Å². The predicted molar refractivity (Wildman–Crippen MR) is 117 cm³/mol. The van der Waals surface area contributed by atoms with Gasteiger partial charge in [-0.2, -0.15) is 0 Å². The Bertz CT molecular complexity index is 942. The number of nitrogens with zero attached hydrogens (tertiary/aromatic N) is 3. The molecule has 1 aliphatic rings. The van der Waals surface area contributed by atoms with Crippen molar-refractivity contribution in [3.63, 3.8) is 0 Å². The third-order valence-electron chi connectivity index (χ3n) is 4.74. The number of aromatic nitrogens is 2. The van der Waals surface area contributed by atoms with Gasteiger partial charge >= 0.3 is 0 Å². The minimum Gasteiger partial charge on any atom is -0.322 e. The zero-order chi connectivity index (χ0) is 19.3. The molecule has 2 aromatic carbocycles. The Kier molecular flexibility index (Phi) is 6.07. The highest BCUT2D eigenvalue weighted by molar-refractivity contribution is 8.00. The summed E-state index contributed by atoms with van der Waals surface area (Å²) in [5.41, 5.74) is 2.26. The van der Waals surface area contributed by atoms with Crippen molar-refractivity contribution in [3.05, 3.63) is 72.6 Å². The number of thioether (sulfide) groups is 2. The number of imidazole rings is 1. The van der Waals surface area contributed by atoms with Crippen LogP contribution in [0.15, 0.2) is 77.0 Å². The second-order valence-corrected chi connectivity index (χ2v) is 9.27. The van der Waals surface area contributed by atoms with E-state index in [1.807, 2.05) is 53.2 Å². The molecule has 4 rings (SSSR count). The number of fused-ring (bicyclic) bond motifs is 1. The van der Waals surface area contributed by atoms with Crippen LogP contribution in [-0.4, -0.2) is 33.0 Å². The summed E-state index contributed by atoms with van der Waals surface area (Å²) in [6, 6.07) is 18.5. The number of carbonyl (C=O) groups is 1. The van der Waals surface area contributed by atoms with Gasteiger partial charge in [0.2, 0.25) is 5.91 Å². The summed E-state index contributed by atoms with van der Waals surface area (Å²) in [6.45, 7) is 3.76. The van der Waals surface area contributed by atoms with Crippen LogP contribution >= 0.6 is 23.5 Å². The zero-order valence-electron chi connectivity index (χ0n) is 15.8. The van der Waals surface area contributed by atoms with Crippen molar-refractivity contribution in [1.29, 1.82) is 0 Å². The molecule has 6 heteroatoms. The van der Waals surface area contributed by atoms with Crippen molar-refractivity contribution in [1.82, 2.24) is 9.55 Å². The van der Waals surface area contributed by atoms with E-state index in [1.54, 1.807) is 6.20 Å². The molecule has 1 aromatic heterocycles. The molecule has 0 saturated heterocycles. The average molecular weight is 410 g/mol. The lowest BCUT2D eigenvalue weighted by Crippen LogP contribution is -2.33. The third-order valence-corrected chi connectivity index (χ3v) is 6.97. The molecule has 0 spiro atoms. The van der Waals surface area contributed by atoms with Gasteiger partial charge < -0.3 is 9.47 Å². The Morgan fingerprint density at radius 1 is 1.18 bits per heavy atom. The molecule has 1 atom stereocenters. The largest absolute Gasteiger partial charge is 0.322 e. The van der Waals surface area contributed by atoms with Gasteiger partial charge in [0, 0.05) is 35.6 Å². The Morgan fingerprint density at radius 3 is 2.82 bits per heavy atom. The van der Waals surface area contributed by atoms with Crippen molar-refractivity contribution < 1.29 is 4.79 Å². The van der Waals surface area contributed by atoms with E-state index < -0.39 is 0 Å². The van der Waals surface area contributed by atoms with Crippen molar-refractivity contribution in [2.24, 2.45) is 0 Å². The summed E-state index contributed by atoms with van der Waals surface area (Å²) in [4.78, 5) is 20.6. The quantitative estimate of drug-likeness (QED) is 0.560. The Hall–Kier alpha value is -2.18. The molecule has 1 amide bonds. The highest BCUT2D eigenvalue weighted by Crippen LogP contribution is 2.37. The van der Waals surface area contributed by atoms with Crippen molar-refractivity contribution in [2.45, 2.75) is 35.2 Å². The number of carbonyl (C=O) groups excluding carboxylic acids is 1. The van der Waals surface area contributed by atoms with Gasteiger partial charge in [0.25, 0.3) is 0 Å². The number of para-hydroxylation sites is 1. The molecule has 0 bridgehead atoms. The summed E-state index contributed by atoms with van der Waals surface area (Å²) in [5, 5.41) is 1.39. The van der Waals surface area contributed by atoms with Crippen LogP contribution in [0.1, 0.15) is 18.9 Å². The maximum atomic E-state index is 13.0. The van der Waals surface area contributed by atoms with Crippen LogP contribution in [0.2, 0.25) is 0 Å². The molecule has 4 nitrogen and oxygen atoms in total. The number of hydrogen-bond donors (Lipinski definition) is 0. The maximum absolute atomic E-state index is 13.0. The van der Waals surface area contributed by atoms with Gasteiger partial charge in [-0.05, 0) is 24.1 Å². The van der Waals surface area contributed by atoms with Gasteiger partial charge in [0.05, 0.1) is 11.4 Å². The number of anilines is 1. The van der Waals surface area contributed by atoms with Gasteiger partial charge in [-0.1, -0.05) is 61.2 Å². The summed E-state index contributed by atoms with van der Waals surface area (Å²) in [6.07, 6.45) is 4.77. The van der Waals surface area contributed by atoms with Crippen LogP contribution in [0.4, 0.5) is 5.69 Å². The molecular formula is C22H23N3OS2. The highest BCUT2D eigenvalue weighted by atomic mass is 32.2. The second kappa shape index (κ2) is 8.88. The molecule has 3 aromatic rings. The molecule has 1 unspecified atom stereocenters. The van der Waals surface area contributed by atoms with E-state index >= 15 is 0 Å². The van der Waals surface area contributed by atoms with Crippen LogP contribution in [0.5, 0.6) is 0 Å². The monoisotopic (exact) mass is 409 g/mol. The Labute approximate surface area is 174 Å². The lowest BCUT2D eigenvalue weighted by atomic mass is 10.2. The molecule has 1 aliphatic heterocycles. The lowest BCUT2D eigenvalue weighted by Gasteiger charge is -2.22. The molecule has 0 fully saturated rings. The van der Waals surface area contributed by atoms with E-state index in [4.69, 9.17) is 0 Å². The molecule has 28 heavy (non-hydrogen) atoms. The van der Waals surface area contributed by atoms with Crippen molar-refractivity contribution in [2.75, 3.05) is 17.2 Å². The van der Waals surface area contributed by atoms with Gasteiger partial charge in [-0.3, -0.25) is 4.79 Å². The average Bonchev–Trinajstić information content (AvgIpc) is 3.07. The molecule has 0 radical (unpaired) electrons. The standard InChI is InChI=1S/C22H23N3OS2/c1-17-11-13-25(19-9-5-6-10-20(19)28-17)21(26)16-27-22-23-12-14-24(22)15-18-7-3-2-4-8-18/h2-10,12,14,17H,11,13,15-16H2,1H3. The minimum absolute atomic E-state index is 0.140. The van der Waals surface area contributed by atoms with Gasteiger partial charge in [-0.25, -0.2) is 4.98 Å². The summed E-state index contributed by atoms with van der Waals surface area (Å²) in [7, 11) is 0. The first-order valence-corrected chi connectivity index (χ1v) is 11.3. The van der Waals surface area contributed by atoms with E-state index in [0.717, 1.165) is 30.4 Å². The van der Waals surface area contributed by atoms with E-state index in [0.29, 0.717) is 11.0 Å². The van der Waals surface area contributed by atoms with Gasteiger partial charge in [0.1, 0.15) is 0 Å². The van der Waals surface area contributed by atoms with Crippen molar-refractivity contribution in [3.8, 4) is 0 Å². The summed E-state index contributed by atoms with van der Waals surface area (Å²) in [5.74, 6) is 0.528. The van der Waals surface area contributed by atoms with E-state index in [1.165, 1.54) is 22.2 Å². The van der Waals surface area contributed by atoms with Crippen LogP contribution in [0.25, 0.3) is 0 Å².